The lowest BCUT2D eigenvalue weighted by atomic mass is 10.1. The van der Waals surface area contributed by atoms with E-state index in [0.29, 0.717) is 46.9 Å². The quantitative estimate of drug-likeness (QED) is 0.705. The van der Waals surface area contributed by atoms with Crippen molar-refractivity contribution >= 4 is 29.0 Å². The molecule has 138 valence electrons. The van der Waals surface area contributed by atoms with Crippen LogP contribution in [0, 0.1) is 0 Å². The van der Waals surface area contributed by atoms with Gasteiger partial charge < -0.3 is 5.32 Å². The number of nitrogens with one attached hydrogen (secondary N) is 2. The molecule has 1 aliphatic rings. The molecule has 0 bridgehead atoms. The molecule has 1 aromatic heterocycles. The van der Waals surface area contributed by atoms with Gasteiger partial charge in [0.15, 0.2) is 0 Å². The largest absolute Gasteiger partial charge is 0.358 e. The van der Waals surface area contributed by atoms with Crippen molar-refractivity contribution in [1.82, 2.24) is 14.5 Å². The van der Waals surface area contributed by atoms with Crippen LogP contribution < -0.4 is 16.6 Å². The molecule has 0 atom stereocenters. The molecule has 8 heteroatoms. The molecule has 0 spiro atoms. The van der Waals surface area contributed by atoms with E-state index in [4.69, 9.17) is 23.2 Å². The van der Waals surface area contributed by atoms with E-state index in [0.717, 1.165) is 5.56 Å². The first kappa shape index (κ1) is 17.9. The third-order valence-corrected chi connectivity index (χ3v) is 4.97. The molecule has 0 aliphatic carbocycles. The van der Waals surface area contributed by atoms with Crippen LogP contribution in [0.15, 0.2) is 58.1 Å². The Morgan fingerprint density at radius 2 is 1.56 bits per heavy atom. The maximum absolute atomic E-state index is 12.4. The average molecular weight is 403 g/mol. The number of benzene rings is 2. The highest BCUT2D eigenvalue weighted by Crippen LogP contribution is 2.23. The van der Waals surface area contributed by atoms with Crippen LogP contribution >= 0.6 is 23.2 Å². The van der Waals surface area contributed by atoms with Gasteiger partial charge in [0, 0.05) is 23.1 Å². The van der Waals surface area contributed by atoms with Crippen molar-refractivity contribution in [3.8, 4) is 5.69 Å². The summed E-state index contributed by atoms with van der Waals surface area (Å²) in [7, 11) is 0. The van der Waals surface area contributed by atoms with E-state index in [1.165, 1.54) is 4.57 Å². The van der Waals surface area contributed by atoms with Gasteiger partial charge in [-0.25, -0.2) is 9.36 Å². The van der Waals surface area contributed by atoms with Gasteiger partial charge in [-0.1, -0.05) is 35.3 Å². The Bertz CT molecular complexity index is 1090. The first-order valence-electron chi connectivity index (χ1n) is 8.36. The summed E-state index contributed by atoms with van der Waals surface area (Å²) in [5, 5.41) is 4.48. The molecule has 2 aromatic carbocycles. The van der Waals surface area contributed by atoms with Gasteiger partial charge in [0.25, 0.3) is 5.56 Å². The Morgan fingerprint density at radius 3 is 2.22 bits per heavy atom. The molecular weight excluding hydrogens is 387 g/mol. The highest BCUT2D eigenvalue weighted by Gasteiger charge is 2.23. The molecule has 1 aliphatic heterocycles. The van der Waals surface area contributed by atoms with E-state index in [9.17, 15) is 9.59 Å². The van der Waals surface area contributed by atoms with E-state index >= 15 is 0 Å². The average Bonchev–Trinajstić information content (AvgIpc) is 2.65. The van der Waals surface area contributed by atoms with E-state index in [-0.39, 0.29) is 5.56 Å². The summed E-state index contributed by atoms with van der Waals surface area (Å²) in [6, 6.07) is 14.5. The number of H-pyrrole nitrogens is 1. The van der Waals surface area contributed by atoms with Crippen LogP contribution in [0.1, 0.15) is 11.1 Å². The van der Waals surface area contributed by atoms with E-state index < -0.39 is 5.69 Å². The van der Waals surface area contributed by atoms with Gasteiger partial charge in [-0.05, 0) is 42.0 Å². The van der Waals surface area contributed by atoms with Crippen molar-refractivity contribution in [2.24, 2.45) is 0 Å². The summed E-state index contributed by atoms with van der Waals surface area (Å²) in [5.41, 5.74) is 1.38. The maximum Gasteiger partial charge on any atom is 0.334 e. The second-order valence-corrected chi connectivity index (χ2v) is 7.22. The summed E-state index contributed by atoms with van der Waals surface area (Å²) in [6.45, 7) is 1.59. The van der Waals surface area contributed by atoms with Crippen molar-refractivity contribution in [3.05, 3.63) is 90.5 Å². The number of halogens is 2. The fourth-order valence-electron chi connectivity index (χ4n) is 3.17. The predicted octanol–water partition coefficient (Wildman–Crippen LogP) is 3.22. The van der Waals surface area contributed by atoms with Gasteiger partial charge in [-0.2, -0.15) is 0 Å². The molecule has 0 fully saturated rings. The Kier molecular flexibility index (Phi) is 4.78. The van der Waals surface area contributed by atoms with Crippen LogP contribution in [0.4, 0.5) is 5.82 Å². The Hall–Kier alpha value is -2.54. The standard InChI is InChI=1S/C19H16Cl2N4O2/c20-13-3-1-12(2-4-13)9-24-10-16-17(22-11-24)25(19(27)23-18(16)26)15-7-5-14(21)6-8-15/h1-8,22H,9-11H2,(H,23,26,27). The Balaban J connectivity index is 1.68. The summed E-state index contributed by atoms with van der Waals surface area (Å²) in [4.78, 5) is 29.3. The lowest BCUT2D eigenvalue weighted by molar-refractivity contribution is 0.263. The topological polar surface area (TPSA) is 70.1 Å². The van der Waals surface area contributed by atoms with Gasteiger partial charge >= 0.3 is 5.69 Å². The van der Waals surface area contributed by atoms with Crippen LogP contribution in [-0.2, 0) is 13.1 Å². The minimum absolute atomic E-state index is 0.381. The summed E-state index contributed by atoms with van der Waals surface area (Å²) < 4.78 is 1.46. The van der Waals surface area contributed by atoms with E-state index in [1.54, 1.807) is 24.3 Å². The molecule has 0 unspecified atom stereocenters. The van der Waals surface area contributed by atoms with Gasteiger partial charge in [0.1, 0.15) is 5.82 Å². The minimum atomic E-state index is -0.486. The molecule has 3 aromatic rings. The highest BCUT2D eigenvalue weighted by atomic mass is 35.5. The molecule has 0 radical (unpaired) electrons. The molecule has 0 saturated heterocycles. The number of aromatic amines is 1. The first-order valence-corrected chi connectivity index (χ1v) is 9.12. The Morgan fingerprint density at radius 1 is 0.926 bits per heavy atom. The lowest BCUT2D eigenvalue weighted by Gasteiger charge is -2.30. The molecule has 0 amide bonds. The van der Waals surface area contributed by atoms with Crippen molar-refractivity contribution in [1.29, 1.82) is 0 Å². The highest BCUT2D eigenvalue weighted by molar-refractivity contribution is 6.30. The minimum Gasteiger partial charge on any atom is -0.358 e. The van der Waals surface area contributed by atoms with Crippen LogP contribution in [0.2, 0.25) is 10.0 Å². The molecule has 6 nitrogen and oxygen atoms in total. The van der Waals surface area contributed by atoms with Crippen LogP contribution in [0.3, 0.4) is 0 Å². The zero-order chi connectivity index (χ0) is 19.0. The second kappa shape index (κ2) is 7.23. The van der Waals surface area contributed by atoms with Crippen molar-refractivity contribution in [3.63, 3.8) is 0 Å². The maximum atomic E-state index is 12.4. The third-order valence-electron chi connectivity index (χ3n) is 4.46. The molecule has 2 N–H and O–H groups in total. The normalized spacial score (nSPS) is 13.9. The molecule has 27 heavy (non-hydrogen) atoms. The predicted molar refractivity (Wildman–Crippen MR) is 107 cm³/mol. The number of rotatable bonds is 3. The van der Waals surface area contributed by atoms with Crippen molar-refractivity contribution < 1.29 is 0 Å². The summed E-state index contributed by atoms with van der Waals surface area (Å²) in [6.07, 6.45) is 0. The van der Waals surface area contributed by atoms with Gasteiger partial charge in [0.05, 0.1) is 17.9 Å². The number of hydrogen-bond acceptors (Lipinski definition) is 4. The van der Waals surface area contributed by atoms with Crippen LogP contribution in [-0.4, -0.2) is 21.1 Å². The third kappa shape index (κ3) is 3.64. The van der Waals surface area contributed by atoms with Gasteiger partial charge in [0.2, 0.25) is 0 Å². The Labute approximate surface area is 165 Å². The molecular formula is C19H16Cl2N4O2. The second-order valence-electron chi connectivity index (χ2n) is 6.35. The zero-order valence-corrected chi connectivity index (χ0v) is 15.7. The van der Waals surface area contributed by atoms with Crippen molar-refractivity contribution in [2.45, 2.75) is 13.1 Å². The molecule has 4 rings (SSSR count). The fourth-order valence-corrected chi connectivity index (χ4v) is 3.42. The monoisotopic (exact) mass is 402 g/mol. The first-order chi connectivity index (χ1) is 13.0. The number of hydrogen-bond donors (Lipinski definition) is 2. The SMILES string of the molecule is O=c1[nH]c(=O)n(-c2ccc(Cl)cc2)c2c1CN(Cc1ccc(Cl)cc1)CN2. The van der Waals surface area contributed by atoms with Gasteiger partial charge in [-0.15, -0.1) is 0 Å². The number of aromatic nitrogens is 2. The van der Waals surface area contributed by atoms with Crippen molar-refractivity contribution in [2.75, 3.05) is 12.0 Å². The van der Waals surface area contributed by atoms with E-state index in [2.05, 4.69) is 15.2 Å². The van der Waals surface area contributed by atoms with E-state index in [1.807, 2.05) is 24.3 Å². The molecule has 0 saturated carbocycles. The molecule has 2 heterocycles. The summed E-state index contributed by atoms with van der Waals surface area (Å²) >= 11 is 11.9. The fraction of sp³-hybridized carbons (Fsp3) is 0.158. The van der Waals surface area contributed by atoms with Gasteiger partial charge in [-0.3, -0.25) is 14.7 Å². The smallest absolute Gasteiger partial charge is 0.334 e. The zero-order valence-electron chi connectivity index (χ0n) is 14.2. The van der Waals surface area contributed by atoms with Crippen LogP contribution in [0.5, 0.6) is 0 Å². The summed E-state index contributed by atoms with van der Waals surface area (Å²) in [5.74, 6) is 0.512. The number of nitrogens with zero attached hydrogens (tertiary/aromatic N) is 2. The lowest BCUT2D eigenvalue weighted by Crippen LogP contribution is -2.42. The van der Waals surface area contributed by atoms with Crippen LogP contribution in [0.25, 0.3) is 5.69 Å². The number of fused-ring (bicyclic) bond motifs is 1. The number of anilines is 1.